The van der Waals surface area contributed by atoms with Crippen molar-refractivity contribution in [2.24, 2.45) is 0 Å². The second-order valence-corrected chi connectivity index (χ2v) is 5.38. The number of rotatable bonds is 10. The third kappa shape index (κ3) is 5.08. The molecule has 0 radical (unpaired) electrons. The lowest BCUT2D eigenvalue weighted by molar-refractivity contribution is 0.136. The molecule has 0 saturated heterocycles. The highest BCUT2D eigenvalue weighted by molar-refractivity contribution is 6.31. The summed E-state index contributed by atoms with van der Waals surface area (Å²) in [5.74, 6) is 0. The molecule has 0 aromatic carbocycles. The number of halogens is 1. The van der Waals surface area contributed by atoms with E-state index >= 15 is 0 Å². The van der Waals surface area contributed by atoms with Crippen LogP contribution in [0.2, 0.25) is 5.02 Å². The number of nitrogens with zero attached hydrogens (tertiary/aromatic N) is 2. The number of hydrogen-bond acceptors (Lipinski definition) is 3. The fourth-order valence-electron chi connectivity index (χ4n) is 2.29. The summed E-state index contributed by atoms with van der Waals surface area (Å²) in [6, 6.07) is 0.389. The third-order valence-electron chi connectivity index (χ3n) is 3.39. The van der Waals surface area contributed by atoms with Gasteiger partial charge in [-0.15, -0.1) is 0 Å². The smallest absolute Gasteiger partial charge is 0.0847 e. The molecule has 20 heavy (non-hydrogen) atoms. The lowest BCUT2D eigenvalue weighted by atomic mass is 10.1. The molecule has 1 rings (SSSR count). The van der Waals surface area contributed by atoms with E-state index < -0.39 is 0 Å². The first-order valence-electron chi connectivity index (χ1n) is 7.66. The van der Waals surface area contributed by atoms with E-state index in [2.05, 4.69) is 24.3 Å². The highest BCUT2D eigenvalue weighted by Gasteiger charge is 2.17. The van der Waals surface area contributed by atoms with Gasteiger partial charge in [0.05, 0.1) is 16.4 Å². The average molecular weight is 302 g/mol. The van der Waals surface area contributed by atoms with Crippen molar-refractivity contribution in [3.63, 3.8) is 0 Å². The number of ether oxygens (including phenoxy) is 1. The number of hydrogen-bond donors (Lipinski definition) is 1. The van der Waals surface area contributed by atoms with Gasteiger partial charge in [-0.1, -0.05) is 18.5 Å². The Morgan fingerprint density at radius 3 is 2.70 bits per heavy atom. The van der Waals surface area contributed by atoms with Gasteiger partial charge in [0.1, 0.15) is 0 Å². The quantitative estimate of drug-likeness (QED) is 0.675. The first-order valence-corrected chi connectivity index (χ1v) is 8.04. The summed E-state index contributed by atoms with van der Waals surface area (Å²) >= 11 is 6.39. The number of aromatic nitrogens is 2. The molecule has 1 unspecified atom stereocenters. The minimum absolute atomic E-state index is 0.389. The molecular weight excluding hydrogens is 274 g/mol. The summed E-state index contributed by atoms with van der Waals surface area (Å²) in [5, 5.41) is 8.88. The van der Waals surface area contributed by atoms with Crippen molar-refractivity contribution in [3.05, 3.63) is 16.4 Å². The van der Waals surface area contributed by atoms with E-state index in [1.165, 1.54) is 0 Å². The highest BCUT2D eigenvalue weighted by atomic mass is 35.5. The molecule has 0 saturated carbocycles. The zero-order valence-electron chi connectivity index (χ0n) is 13.2. The minimum Gasteiger partial charge on any atom is -0.382 e. The largest absolute Gasteiger partial charge is 0.382 e. The first kappa shape index (κ1) is 17.5. The molecule has 0 bridgehead atoms. The topological polar surface area (TPSA) is 39.1 Å². The molecule has 0 aliphatic rings. The normalized spacial score (nSPS) is 12.8. The third-order valence-corrected chi connectivity index (χ3v) is 3.88. The van der Waals surface area contributed by atoms with Crippen LogP contribution in [0.3, 0.4) is 0 Å². The number of aryl methyl sites for hydroxylation is 2. The van der Waals surface area contributed by atoms with Crippen LogP contribution in [0.15, 0.2) is 0 Å². The Kier molecular flexibility index (Phi) is 8.19. The molecule has 0 fully saturated rings. The Morgan fingerprint density at radius 2 is 2.10 bits per heavy atom. The summed E-state index contributed by atoms with van der Waals surface area (Å²) in [6.45, 7) is 11.7. The van der Waals surface area contributed by atoms with E-state index in [1.807, 2.05) is 18.5 Å². The van der Waals surface area contributed by atoms with Crippen LogP contribution in [0.1, 0.15) is 45.0 Å². The molecule has 1 aromatic heterocycles. The van der Waals surface area contributed by atoms with Crippen LogP contribution in [0.4, 0.5) is 0 Å². The van der Waals surface area contributed by atoms with Crippen LogP contribution < -0.4 is 5.32 Å². The Labute approximate surface area is 127 Å². The molecule has 4 nitrogen and oxygen atoms in total. The summed E-state index contributed by atoms with van der Waals surface area (Å²) in [5.41, 5.74) is 2.05. The van der Waals surface area contributed by atoms with Crippen molar-refractivity contribution in [2.75, 3.05) is 19.8 Å². The second-order valence-electron chi connectivity index (χ2n) is 5.00. The number of nitrogens with one attached hydrogen (secondary N) is 1. The van der Waals surface area contributed by atoms with E-state index in [0.717, 1.165) is 62.0 Å². The summed E-state index contributed by atoms with van der Waals surface area (Å²) < 4.78 is 7.49. The molecule has 0 aliphatic carbocycles. The summed E-state index contributed by atoms with van der Waals surface area (Å²) in [4.78, 5) is 0. The minimum atomic E-state index is 0.389. The lowest BCUT2D eigenvalue weighted by Gasteiger charge is -2.19. The molecule has 1 aromatic rings. The van der Waals surface area contributed by atoms with Crippen molar-refractivity contribution in [3.8, 4) is 0 Å². The van der Waals surface area contributed by atoms with Crippen LogP contribution >= 0.6 is 11.6 Å². The van der Waals surface area contributed by atoms with Gasteiger partial charge in [-0.05, 0) is 40.2 Å². The van der Waals surface area contributed by atoms with Gasteiger partial charge in [-0.2, -0.15) is 5.10 Å². The predicted molar refractivity (Wildman–Crippen MR) is 84.5 cm³/mol. The van der Waals surface area contributed by atoms with Gasteiger partial charge >= 0.3 is 0 Å². The van der Waals surface area contributed by atoms with Crippen LogP contribution in [0, 0.1) is 6.92 Å². The molecule has 0 spiro atoms. The van der Waals surface area contributed by atoms with E-state index in [0.29, 0.717) is 6.04 Å². The van der Waals surface area contributed by atoms with Gasteiger partial charge in [0.15, 0.2) is 0 Å². The van der Waals surface area contributed by atoms with E-state index in [9.17, 15) is 0 Å². The second kappa shape index (κ2) is 9.37. The highest BCUT2D eigenvalue weighted by Crippen LogP contribution is 2.22. The van der Waals surface area contributed by atoms with Crippen LogP contribution in [0.25, 0.3) is 0 Å². The summed E-state index contributed by atoms with van der Waals surface area (Å²) in [7, 11) is 0. The maximum absolute atomic E-state index is 6.39. The molecule has 1 heterocycles. The van der Waals surface area contributed by atoms with Gasteiger partial charge < -0.3 is 10.1 Å². The van der Waals surface area contributed by atoms with E-state index in [1.54, 1.807) is 0 Å². The van der Waals surface area contributed by atoms with Crippen molar-refractivity contribution >= 4 is 11.6 Å². The van der Waals surface area contributed by atoms with Crippen LogP contribution in [0.5, 0.6) is 0 Å². The zero-order chi connectivity index (χ0) is 15.0. The van der Waals surface area contributed by atoms with E-state index in [-0.39, 0.29) is 0 Å². The fourth-order valence-corrected chi connectivity index (χ4v) is 2.50. The maximum Gasteiger partial charge on any atom is 0.0847 e. The Hall–Kier alpha value is -0.580. The Bertz CT molecular complexity index is 393. The fraction of sp³-hybridized carbons (Fsp3) is 0.800. The van der Waals surface area contributed by atoms with Crippen molar-refractivity contribution in [2.45, 2.75) is 59.5 Å². The SMILES string of the molecule is CCCNC(CCOCC)Cc1c(Cl)c(C)nn1CC. The Balaban J connectivity index is 2.71. The van der Waals surface area contributed by atoms with Gasteiger partial charge in [0, 0.05) is 32.2 Å². The van der Waals surface area contributed by atoms with Gasteiger partial charge in [-0.3, -0.25) is 4.68 Å². The molecular formula is C15H28ClN3O. The van der Waals surface area contributed by atoms with E-state index in [4.69, 9.17) is 16.3 Å². The van der Waals surface area contributed by atoms with Crippen molar-refractivity contribution in [1.82, 2.24) is 15.1 Å². The Morgan fingerprint density at radius 1 is 1.35 bits per heavy atom. The predicted octanol–water partition coefficient (Wildman–Crippen LogP) is 3.20. The van der Waals surface area contributed by atoms with Gasteiger partial charge in [0.2, 0.25) is 0 Å². The average Bonchev–Trinajstić information content (AvgIpc) is 2.72. The van der Waals surface area contributed by atoms with Crippen LogP contribution in [-0.2, 0) is 17.7 Å². The molecule has 5 heteroatoms. The molecule has 0 aliphatic heterocycles. The molecule has 1 atom stereocenters. The standard InChI is InChI=1S/C15H28ClN3O/c1-5-9-17-13(8-10-20-7-3)11-14-15(16)12(4)18-19(14)6-2/h13,17H,5-11H2,1-4H3. The molecule has 1 N–H and O–H groups in total. The lowest BCUT2D eigenvalue weighted by Crippen LogP contribution is -2.33. The summed E-state index contributed by atoms with van der Waals surface area (Å²) in [6.07, 6.45) is 3.03. The monoisotopic (exact) mass is 301 g/mol. The van der Waals surface area contributed by atoms with Crippen LogP contribution in [-0.4, -0.2) is 35.6 Å². The zero-order valence-corrected chi connectivity index (χ0v) is 14.0. The van der Waals surface area contributed by atoms with Crippen molar-refractivity contribution in [1.29, 1.82) is 0 Å². The van der Waals surface area contributed by atoms with Gasteiger partial charge in [0.25, 0.3) is 0 Å². The maximum atomic E-state index is 6.39. The van der Waals surface area contributed by atoms with Gasteiger partial charge in [-0.25, -0.2) is 0 Å². The molecule has 116 valence electrons. The first-order chi connectivity index (χ1) is 9.63. The van der Waals surface area contributed by atoms with Crippen molar-refractivity contribution < 1.29 is 4.74 Å². The molecule has 0 amide bonds.